The van der Waals surface area contributed by atoms with Gasteiger partial charge in [0.25, 0.3) is 0 Å². The van der Waals surface area contributed by atoms with E-state index in [1.807, 2.05) is 31.7 Å². The number of nitrogens with zero attached hydrogens (tertiary/aromatic N) is 2. The molecule has 0 radical (unpaired) electrons. The summed E-state index contributed by atoms with van der Waals surface area (Å²) in [5.74, 6) is -2.20. The Morgan fingerprint density at radius 3 is 2.55 bits per heavy atom. The quantitative estimate of drug-likeness (QED) is 0.638. The summed E-state index contributed by atoms with van der Waals surface area (Å²) in [5, 5.41) is 0. The van der Waals surface area contributed by atoms with Crippen molar-refractivity contribution in [3.63, 3.8) is 0 Å². The van der Waals surface area contributed by atoms with Crippen LogP contribution >= 0.6 is 0 Å². The number of anilines is 1. The molecular weight excluding hydrogens is 403 g/mol. The molecule has 1 aromatic rings. The highest BCUT2D eigenvalue weighted by atomic mass is 19.1. The van der Waals surface area contributed by atoms with Crippen molar-refractivity contribution in [2.45, 2.75) is 59.0 Å². The highest BCUT2D eigenvalue weighted by molar-refractivity contribution is 5.88. The largest absolute Gasteiger partial charge is 0.494 e. The van der Waals surface area contributed by atoms with Crippen molar-refractivity contribution < 1.29 is 28.2 Å². The van der Waals surface area contributed by atoms with Crippen molar-refractivity contribution in [3.8, 4) is 5.75 Å². The number of carbonyl (C=O) groups excluding carboxylic acids is 2. The van der Waals surface area contributed by atoms with Gasteiger partial charge in [0.1, 0.15) is 0 Å². The minimum Gasteiger partial charge on any atom is -0.494 e. The van der Waals surface area contributed by atoms with E-state index in [2.05, 4.69) is 4.90 Å². The fraction of sp³-hybridized carbons (Fsp3) is 0.652. The number of rotatable bonds is 6. The first-order valence-electron chi connectivity index (χ1n) is 10.8. The summed E-state index contributed by atoms with van der Waals surface area (Å²) in [4.78, 5) is 29.8. The standard InChI is InChI=1S/C23H33FN2O5/c1-14(2)11-17(20-22(28)31-23(4,5)30-20)21(27)26-10-9-25(13-15(26)3)16-7-8-19(29-6)18(24)12-16/h7-8,12,14-15,17,20H,9-11,13H2,1-6H3/t15-,17?,20+/m1/s1. The molecule has 0 aromatic heterocycles. The monoisotopic (exact) mass is 436 g/mol. The van der Waals surface area contributed by atoms with Crippen LogP contribution in [-0.2, 0) is 19.1 Å². The van der Waals surface area contributed by atoms with Crippen molar-refractivity contribution >= 4 is 17.6 Å². The fourth-order valence-corrected chi connectivity index (χ4v) is 4.37. The van der Waals surface area contributed by atoms with E-state index in [9.17, 15) is 14.0 Å². The molecule has 2 aliphatic rings. The molecule has 1 aromatic carbocycles. The van der Waals surface area contributed by atoms with E-state index in [0.29, 0.717) is 26.1 Å². The third-order valence-corrected chi connectivity index (χ3v) is 5.81. The van der Waals surface area contributed by atoms with Crippen LogP contribution in [0.5, 0.6) is 5.75 Å². The van der Waals surface area contributed by atoms with Crippen LogP contribution < -0.4 is 9.64 Å². The number of ether oxygens (including phenoxy) is 3. The molecule has 0 spiro atoms. The number of hydrogen-bond donors (Lipinski definition) is 0. The molecule has 0 aliphatic carbocycles. The zero-order chi connectivity index (χ0) is 22.9. The number of carbonyl (C=O) groups is 2. The zero-order valence-electron chi connectivity index (χ0n) is 19.2. The molecule has 1 amide bonds. The Morgan fingerprint density at radius 1 is 1.32 bits per heavy atom. The molecule has 2 fully saturated rings. The van der Waals surface area contributed by atoms with E-state index < -0.39 is 29.6 Å². The molecule has 2 heterocycles. The van der Waals surface area contributed by atoms with E-state index in [1.54, 1.807) is 19.9 Å². The van der Waals surface area contributed by atoms with Crippen LogP contribution in [0.3, 0.4) is 0 Å². The lowest BCUT2D eigenvalue weighted by atomic mass is 9.90. The number of piperazine rings is 1. The van der Waals surface area contributed by atoms with E-state index in [1.165, 1.54) is 13.2 Å². The predicted octanol–water partition coefficient (Wildman–Crippen LogP) is 3.21. The van der Waals surface area contributed by atoms with Gasteiger partial charge in [0.2, 0.25) is 11.7 Å². The molecule has 3 rings (SSSR count). The lowest BCUT2D eigenvalue weighted by Gasteiger charge is -2.42. The first-order valence-corrected chi connectivity index (χ1v) is 10.8. The van der Waals surface area contributed by atoms with Crippen molar-refractivity contribution in [2.24, 2.45) is 11.8 Å². The van der Waals surface area contributed by atoms with Crippen molar-refractivity contribution in [1.82, 2.24) is 4.90 Å². The summed E-state index contributed by atoms with van der Waals surface area (Å²) in [6.07, 6.45) is -0.364. The number of cyclic esters (lactones) is 1. The Bertz CT molecular complexity index is 828. The van der Waals surface area contributed by atoms with E-state index in [-0.39, 0.29) is 23.6 Å². The molecular formula is C23H33FN2O5. The van der Waals surface area contributed by atoms with Gasteiger partial charge in [-0.05, 0) is 31.4 Å². The third-order valence-electron chi connectivity index (χ3n) is 5.81. The van der Waals surface area contributed by atoms with Crippen LogP contribution in [0.4, 0.5) is 10.1 Å². The van der Waals surface area contributed by atoms with E-state index >= 15 is 0 Å². The van der Waals surface area contributed by atoms with Gasteiger partial charge in [-0.2, -0.15) is 0 Å². The molecule has 7 nitrogen and oxygen atoms in total. The summed E-state index contributed by atoms with van der Waals surface area (Å²) in [7, 11) is 1.43. The molecule has 0 N–H and O–H groups in total. The van der Waals surface area contributed by atoms with Crippen molar-refractivity contribution in [3.05, 3.63) is 24.0 Å². The second-order valence-corrected chi connectivity index (χ2v) is 9.24. The van der Waals surface area contributed by atoms with Gasteiger partial charge >= 0.3 is 5.97 Å². The molecule has 31 heavy (non-hydrogen) atoms. The minimum absolute atomic E-state index is 0.0959. The van der Waals surface area contributed by atoms with Gasteiger partial charge in [0.05, 0.1) is 13.0 Å². The highest BCUT2D eigenvalue weighted by Gasteiger charge is 2.49. The molecule has 2 aliphatic heterocycles. The van der Waals surface area contributed by atoms with Crippen molar-refractivity contribution in [2.75, 3.05) is 31.6 Å². The SMILES string of the molecule is COc1ccc(N2CCN(C(=O)C(CC(C)C)[C@@H]3OC(C)(C)OC3=O)[C@H](C)C2)cc1F. The molecule has 2 saturated heterocycles. The summed E-state index contributed by atoms with van der Waals surface area (Å²) in [6, 6.07) is 4.77. The summed E-state index contributed by atoms with van der Waals surface area (Å²) >= 11 is 0. The van der Waals surface area contributed by atoms with Crippen LogP contribution in [0.1, 0.15) is 41.0 Å². The van der Waals surface area contributed by atoms with Crippen LogP contribution in [-0.4, -0.2) is 61.5 Å². The Kier molecular flexibility index (Phi) is 6.79. The number of esters is 1. The van der Waals surface area contributed by atoms with Gasteiger partial charge in [-0.15, -0.1) is 0 Å². The van der Waals surface area contributed by atoms with Gasteiger partial charge < -0.3 is 24.0 Å². The average molecular weight is 437 g/mol. The van der Waals surface area contributed by atoms with Gasteiger partial charge in [-0.25, -0.2) is 9.18 Å². The number of hydrogen-bond acceptors (Lipinski definition) is 6. The zero-order valence-corrected chi connectivity index (χ0v) is 19.2. The second kappa shape index (κ2) is 9.02. The molecule has 1 unspecified atom stereocenters. The average Bonchev–Trinajstić information content (AvgIpc) is 2.97. The van der Waals surface area contributed by atoms with Crippen LogP contribution in [0.25, 0.3) is 0 Å². The van der Waals surface area contributed by atoms with Gasteiger partial charge in [-0.3, -0.25) is 4.79 Å². The third kappa shape index (κ3) is 5.11. The van der Waals surface area contributed by atoms with Crippen molar-refractivity contribution in [1.29, 1.82) is 0 Å². The Morgan fingerprint density at radius 2 is 2.03 bits per heavy atom. The lowest BCUT2D eigenvalue weighted by Crippen LogP contribution is -2.57. The highest BCUT2D eigenvalue weighted by Crippen LogP contribution is 2.33. The number of benzene rings is 1. The molecule has 0 saturated carbocycles. The van der Waals surface area contributed by atoms with Gasteiger partial charge in [0, 0.05) is 51.3 Å². The van der Waals surface area contributed by atoms with Gasteiger partial charge in [0.15, 0.2) is 17.7 Å². The van der Waals surface area contributed by atoms with E-state index in [0.717, 1.165) is 5.69 Å². The second-order valence-electron chi connectivity index (χ2n) is 9.24. The lowest BCUT2D eigenvalue weighted by molar-refractivity contribution is -0.163. The number of amides is 1. The smallest absolute Gasteiger partial charge is 0.338 e. The maximum absolute atomic E-state index is 14.1. The summed E-state index contributed by atoms with van der Waals surface area (Å²) in [6.45, 7) is 11.0. The number of methoxy groups -OCH3 is 1. The molecule has 172 valence electrons. The number of halogens is 1. The van der Waals surface area contributed by atoms with Crippen LogP contribution in [0.15, 0.2) is 18.2 Å². The first kappa shape index (κ1) is 23.3. The first-order chi connectivity index (χ1) is 14.5. The van der Waals surface area contributed by atoms with Gasteiger partial charge in [-0.1, -0.05) is 13.8 Å². The maximum Gasteiger partial charge on any atom is 0.338 e. The molecule has 0 bridgehead atoms. The molecule has 8 heteroatoms. The fourth-order valence-electron chi connectivity index (χ4n) is 4.37. The van der Waals surface area contributed by atoms with E-state index in [4.69, 9.17) is 14.2 Å². The van der Waals surface area contributed by atoms with Crippen LogP contribution in [0.2, 0.25) is 0 Å². The summed E-state index contributed by atoms with van der Waals surface area (Å²) in [5.41, 5.74) is 0.750. The maximum atomic E-state index is 14.1. The normalized spacial score (nSPS) is 24.3. The minimum atomic E-state index is -1.03. The van der Waals surface area contributed by atoms with Crippen LogP contribution in [0, 0.1) is 17.7 Å². The Labute approximate surface area is 183 Å². The Hall–Kier alpha value is -2.35. The predicted molar refractivity (Wildman–Crippen MR) is 114 cm³/mol. The summed E-state index contributed by atoms with van der Waals surface area (Å²) < 4.78 is 30.2. The molecule has 3 atom stereocenters. The Balaban J connectivity index is 1.73. The topological polar surface area (TPSA) is 68.3 Å².